The van der Waals surface area contributed by atoms with Crippen molar-refractivity contribution < 1.29 is 9.53 Å². The summed E-state index contributed by atoms with van der Waals surface area (Å²) in [6.45, 7) is 6.09. The van der Waals surface area contributed by atoms with Crippen molar-refractivity contribution in [2.24, 2.45) is 0 Å². The largest absolute Gasteiger partial charge is 0.462 e. The number of rotatable bonds is 6. The maximum absolute atomic E-state index is 12.2. The van der Waals surface area contributed by atoms with Gasteiger partial charge in [0.1, 0.15) is 0 Å². The predicted molar refractivity (Wildman–Crippen MR) is 126 cm³/mol. The van der Waals surface area contributed by atoms with Crippen molar-refractivity contribution in [3.8, 4) is 0 Å². The number of nitrogens with one attached hydrogen (secondary N) is 2. The van der Waals surface area contributed by atoms with Crippen molar-refractivity contribution in [1.82, 2.24) is 5.32 Å². The molecule has 0 aromatic heterocycles. The first-order chi connectivity index (χ1) is 14.5. The number of hydrogen-bond acceptors (Lipinski definition) is 3. The maximum atomic E-state index is 12.2. The third-order valence-electron chi connectivity index (χ3n) is 4.86. The number of benzene rings is 3. The van der Waals surface area contributed by atoms with Gasteiger partial charge in [-0.3, -0.25) is 0 Å². The lowest BCUT2D eigenvalue weighted by Crippen LogP contribution is -2.33. The molecule has 0 fully saturated rings. The summed E-state index contributed by atoms with van der Waals surface area (Å²) in [5.74, 6) is -0.334. The van der Waals surface area contributed by atoms with Crippen LogP contribution in [0.2, 0.25) is 0 Å². The average Bonchev–Trinajstić information content (AvgIpc) is 2.74. The van der Waals surface area contributed by atoms with Gasteiger partial charge >= 0.3 is 5.97 Å². The Morgan fingerprint density at radius 3 is 2.37 bits per heavy atom. The number of anilines is 1. The van der Waals surface area contributed by atoms with E-state index in [9.17, 15) is 4.79 Å². The Kier molecular flexibility index (Phi) is 7.20. The molecule has 154 valence electrons. The van der Waals surface area contributed by atoms with E-state index in [4.69, 9.17) is 17.0 Å². The molecule has 3 aromatic rings. The second kappa shape index (κ2) is 10.0. The summed E-state index contributed by atoms with van der Waals surface area (Å²) in [6.07, 6.45) is 0. The zero-order valence-electron chi connectivity index (χ0n) is 17.4. The molecular formula is C25H26N2O2S. The van der Waals surface area contributed by atoms with Gasteiger partial charge in [0.25, 0.3) is 0 Å². The van der Waals surface area contributed by atoms with Gasteiger partial charge in [-0.2, -0.15) is 0 Å². The first-order valence-corrected chi connectivity index (χ1v) is 10.4. The molecule has 2 N–H and O–H groups in total. The summed E-state index contributed by atoms with van der Waals surface area (Å²) in [7, 11) is 0. The molecule has 3 aromatic carbocycles. The van der Waals surface area contributed by atoms with Crippen LogP contribution in [0.4, 0.5) is 5.69 Å². The molecule has 1 atom stereocenters. The molecule has 0 radical (unpaired) electrons. The predicted octanol–water partition coefficient (Wildman–Crippen LogP) is 5.56. The Balaban J connectivity index is 1.84. The third kappa shape index (κ3) is 5.24. The minimum atomic E-state index is -0.334. The Morgan fingerprint density at radius 1 is 0.967 bits per heavy atom. The van der Waals surface area contributed by atoms with Gasteiger partial charge in [0.05, 0.1) is 18.2 Å². The van der Waals surface area contributed by atoms with Gasteiger partial charge < -0.3 is 15.4 Å². The Hall–Kier alpha value is -3.18. The van der Waals surface area contributed by atoms with E-state index in [1.165, 1.54) is 5.56 Å². The molecule has 0 heterocycles. The molecule has 0 amide bonds. The molecule has 0 saturated heterocycles. The van der Waals surface area contributed by atoms with E-state index in [1.807, 2.05) is 43.3 Å². The lowest BCUT2D eigenvalue weighted by atomic mass is 9.97. The minimum absolute atomic E-state index is 0.0976. The number of aryl methyl sites for hydroxylation is 1. The van der Waals surface area contributed by atoms with Crippen LogP contribution in [0.15, 0.2) is 72.8 Å². The van der Waals surface area contributed by atoms with Crippen LogP contribution in [0.1, 0.15) is 45.6 Å². The highest BCUT2D eigenvalue weighted by Crippen LogP contribution is 2.24. The molecule has 4 nitrogen and oxygen atoms in total. The first-order valence-electron chi connectivity index (χ1n) is 9.95. The van der Waals surface area contributed by atoms with Crippen LogP contribution < -0.4 is 10.6 Å². The number of ether oxygens (including phenoxy) is 1. The molecule has 0 saturated carbocycles. The number of hydrogen-bond donors (Lipinski definition) is 2. The third-order valence-corrected chi connectivity index (χ3v) is 5.08. The second-order valence-corrected chi connectivity index (χ2v) is 7.46. The van der Waals surface area contributed by atoms with Gasteiger partial charge in [0.2, 0.25) is 0 Å². The van der Waals surface area contributed by atoms with Gasteiger partial charge in [-0.05, 0) is 61.8 Å². The molecule has 0 aliphatic carbocycles. The van der Waals surface area contributed by atoms with E-state index in [1.54, 1.807) is 13.0 Å². The van der Waals surface area contributed by atoms with Crippen LogP contribution in [0.25, 0.3) is 0 Å². The summed E-state index contributed by atoms with van der Waals surface area (Å²) in [5, 5.41) is 7.16. The van der Waals surface area contributed by atoms with Gasteiger partial charge in [0, 0.05) is 5.69 Å². The van der Waals surface area contributed by atoms with E-state index in [-0.39, 0.29) is 12.0 Å². The van der Waals surface area contributed by atoms with E-state index < -0.39 is 0 Å². The standard InChI is InChI=1S/C25H26N2O2S/c1-4-29-24(28)21-14-9-15-22(18(21)3)26-25(30)27-23(19-11-6-5-7-12-19)20-13-8-10-17(2)16-20/h5-16,23H,4H2,1-3H3,(H2,26,27,30). The molecule has 0 aliphatic heterocycles. The van der Waals surface area contributed by atoms with Crippen molar-refractivity contribution in [3.05, 3.63) is 101 Å². The van der Waals surface area contributed by atoms with E-state index in [0.717, 1.165) is 22.4 Å². The normalized spacial score (nSPS) is 11.4. The van der Waals surface area contributed by atoms with Crippen molar-refractivity contribution >= 4 is 29.0 Å². The number of thiocarbonyl (C=S) groups is 1. The van der Waals surface area contributed by atoms with E-state index in [2.05, 4.69) is 47.9 Å². The Labute approximate surface area is 183 Å². The van der Waals surface area contributed by atoms with Gasteiger partial charge in [-0.15, -0.1) is 0 Å². The molecule has 3 rings (SSSR count). The van der Waals surface area contributed by atoms with Crippen LogP contribution in [-0.4, -0.2) is 17.7 Å². The molecule has 0 spiro atoms. The molecule has 0 aliphatic rings. The molecule has 1 unspecified atom stereocenters. The zero-order chi connectivity index (χ0) is 21.5. The lowest BCUT2D eigenvalue weighted by Gasteiger charge is -2.23. The second-order valence-electron chi connectivity index (χ2n) is 7.05. The number of carbonyl (C=O) groups excluding carboxylic acids is 1. The summed E-state index contributed by atoms with van der Waals surface area (Å²) < 4.78 is 5.14. The molecular weight excluding hydrogens is 392 g/mol. The lowest BCUT2D eigenvalue weighted by molar-refractivity contribution is 0.0525. The minimum Gasteiger partial charge on any atom is -0.462 e. The van der Waals surface area contributed by atoms with Crippen LogP contribution in [0.5, 0.6) is 0 Å². The highest BCUT2D eigenvalue weighted by molar-refractivity contribution is 7.80. The highest BCUT2D eigenvalue weighted by Gasteiger charge is 2.17. The quantitative estimate of drug-likeness (QED) is 0.406. The smallest absolute Gasteiger partial charge is 0.338 e. The van der Waals surface area contributed by atoms with Crippen molar-refractivity contribution in [3.63, 3.8) is 0 Å². The van der Waals surface area contributed by atoms with Crippen LogP contribution in [-0.2, 0) is 4.74 Å². The maximum Gasteiger partial charge on any atom is 0.338 e. The highest BCUT2D eigenvalue weighted by atomic mass is 32.1. The Bertz CT molecular complexity index is 1030. The monoisotopic (exact) mass is 418 g/mol. The van der Waals surface area contributed by atoms with E-state index in [0.29, 0.717) is 17.3 Å². The zero-order valence-corrected chi connectivity index (χ0v) is 18.3. The number of esters is 1. The van der Waals surface area contributed by atoms with E-state index >= 15 is 0 Å². The fraction of sp³-hybridized carbons (Fsp3) is 0.200. The summed E-state index contributed by atoms with van der Waals surface area (Å²) >= 11 is 5.63. The topological polar surface area (TPSA) is 50.4 Å². The molecule has 0 bridgehead atoms. The summed E-state index contributed by atoms with van der Waals surface area (Å²) in [4.78, 5) is 12.2. The van der Waals surface area contributed by atoms with Gasteiger partial charge in [0.15, 0.2) is 5.11 Å². The van der Waals surface area contributed by atoms with Gasteiger partial charge in [-0.1, -0.05) is 66.2 Å². The average molecular weight is 419 g/mol. The molecule has 5 heteroatoms. The number of carbonyl (C=O) groups is 1. The van der Waals surface area contributed by atoms with Crippen molar-refractivity contribution in [1.29, 1.82) is 0 Å². The van der Waals surface area contributed by atoms with Gasteiger partial charge in [-0.25, -0.2) is 4.79 Å². The fourth-order valence-electron chi connectivity index (χ4n) is 3.34. The van der Waals surface area contributed by atoms with Crippen LogP contribution in [0.3, 0.4) is 0 Å². The summed E-state index contributed by atoms with van der Waals surface area (Å²) in [5.41, 5.74) is 5.53. The fourth-order valence-corrected chi connectivity index (χ4v) is 3.57. The van der Waals surface area contributed by atoms with Crippen LogP contribution >= 0.6 is 12.2 Å². The SMILES string of the molecule is CCOC(=O)c1cccc(NC(=S)NC(c2ccccc2)c2cccc(C)c2)c1C. The molecule has 30 heavy (non-hydrogen) atoms. The first kappa shape index (κ1) is 21.5. The van der Waals surface area contributed by atoms with Crippen molar-refractivity contribution in [2.45, 2.75) is 26.8 Å². The van der Waals surface area contributed by atoms with Crippen molar-refractivity contribution in [2.75, 3.05) is 11.9 Å². The summed E-state index contributed by atoms with van der Waals surface area (Å²) in [6, 6.07) is 23.9. The Morgan fingerprint density at radius 2 is 1.67 bits per heavy atom. The van der Waals surface area contributed by atoms with Crippen LogP contribution in [0, 0.1) is 13.8 Å².